The van der Waals surface area contributed by atoms with Crippen molar-refractivity contribution >= 4 is 29.0 Å². The Labute approximate surface area is 144 Å². The maximum Gasteiger partial charge on any atom is 0.218 e. The van der Waals surface area contributed by atoms with Crippen LogP contribution in [-0.2, 0) is 11.2 Å². The van der Waals surface area contributed by atoms with Crippen molar-refractivity contribution in [1.29, 1.82) is 0 Å². The molecule has 23 heavy (non-hydrogen) atoms. The zero-order chi connectivity index (χ0) is 16.1. The molecule has 0 aromatic carbocycles. The van der Waals surface area contributed by atoms with Crippen molar-refractivity contribution in [2.75, 3.05) is 5.75 Å². The van der Waals surface area contributed by atoms with Gasteiger partial charge in [-0.25, -0.2) is 0 Å². The molecule has 0 spiro atoms. The maximum absolute atomic E-state index is 11.0. The van der Waals surface area contributed by atoms with Gasteiger partial charge in [0.25, 0.3) is 0 Å². The fraction of sp³-hybridized carbons (Fsp3) is 0.562. The Hall–Kier alpha value is -1.34. The van der Waals surface area contributed by atoms with E-state index in [1.807, 2.05) is 0 Å². The summed E-state index contributed by atoms with van der Waals surface area (Å²) < 4.78 is 2.32. The number of rotatable bonds is 7. The van der Waals surface area contributed by atoms with Crippen LogP contribution in [0.5, 0.6) is 0 Å². The van der Waals surface area contributed by atoms with Crippen LogP contribution in [0.4, 0.5) is 0 Å². The first-order chi connectivity index (χ1) is 11.2. The summed E-state index contributed by atoms with van der Waals surface area (Å²) in [5.41, 5.74) is 5.24. The molecule has 1 fully saturated rings. The van der Waals surface area contributed by atoms with Crippen molar-refractivity contribution in [2.24, 2.45) is 5.73 Å². The van der Waals surface area contributed by atoms with E-state index < -0.39 is 0 Å². The summed E-state index contributed by atoms with van der Waals surface area (Å²) in [6, 6.07) is 4.71. The van der Waals surface area contributed by atoms with E-state index in [0.717, 1.165) is 17.4 Å². The topological polar surface area (TPSA) is 73.8 Å². The summed E-state index contributed by atoms with van der Waals surface area (Å²) >= 11 is 3.35. The number of amides is 1. The zero-order valence-corrected chi connectivity index (χ0v) is 14.7. The van der Waals surface area contributed by atoms with Gasteiger partial charge in [-0.3, -0.25) is 4.79 Å². The summed E-state index contributed by atoms with van der Waals surface area (Å²) in [5, 5.41) is 11.9. The molecule has 1 amide bonds. The second kappa shape index (κ2) is 7.97. The minimum absolute atomic E-state index is 0.264. The number of nitrogens with two attached hydrogens (primary N) is 1. The van der Waals surface area contributed by atoms with Gasteiger partial charge in [-0.2, -0.15) is 0 Å². The average molecular weight is 351 g/mol. The average Bonchev–Trinajstić information content (AvgIpc) is 3.18. The minimum atomic E-state index is -0.264. The Morgan fingerprint density at radius 2 is 2.17 bits per heavy atom. The normalized spacial score (nSPS) is 15.8. The lowest BCUT2D eigenvalue weighted by atomic mass is 9.95. The zero-order valence-electron chi connectivity index (χ0n) is 13.1. The lowest BCUT2D eigenvalue weighted by Gasteiger charge is -2.25. The van der Waals surface area contributed by atoms with Crippen LogP contribution in [0.2, 0.25) is 0 Å². The van der Waals surface area contributed by atoms with Crippen LogP contribution in [0.25, 0.3) is 0 Å². The van der Waals surface area contributed by atoms with E-state index >= 15 is 0 Å². The van der Waals surface area contributed by atoms with Gasteiger partial charge in [0.15, 0.2) is 5.16 Å². The summed E-state index contributed by atoms with van der Waals surface area (Å²) in [4.78, 5) is 12.3. The number of nitrogens with zero attached hydrogens (tertiary/aromatic N) is 3. The van der Waals surface area contributed by atoms with Gasteiger partial charge in [0, 0.05) is 29.5 Å². The first-order valence-electron chi connectivity index (χ1n) is 8.11. The molecule has 2 N–H and O–H groups in total. The number of carbonyl (C=O) groups excluding carboxylic acids is 1. The second-order valence-electron chi connectivity index (χ2n) is 5.88. The number of hydrogen-bond acceptors (Lipinski definition) is 5. The summed E-state index contributed by atoms with van der Waals surface area (Å²) in [6.45, 7) is 0. The molecule has 0 saturated heterocycles. The summed E-state index contributed by atoms with van der Waals surface area (Å²) in [5.74, 6) is 1.44. The number of thiophene rings is 1. The highest BCUT2D eigenvalue weighted by atomic mass is 32.2. The van der Waals surface area contributed by atoms with Gasteiger partial charge in [-0.05, 0) is 24.3 Å². The molecule has 5 nitrogen and oxygen atoms in total. The number of thioether (sulfide) groups is 1. The first kappa shape index (κ1) is 16.5. The smallest absolute Gasteiger partial charge is 0.218 e. The standard InChI is InChI=1S/C16H22N4OS2/c17-14(21)8-10-23-16-19-18-15(11-13-7-4-9-22-13)20(16)12-5-2-1-3-6-12/h4,7,9,12H,1-3,5-6,8,10-11H2,(H2,17,21). The molecule has 0 radical (unpaired) electrons. The third-order valence-corrected chi connectivity index (χ3v) is 5.99. The SMILES string of the molecule is NC(=O)CCSc1nnc(Cc2cccs2)n1C1CCCCC1. The molecule has 0 unspecified atom stereocenters. The predicted octanol–water partition coefficient (Wildman–Crippen LogP) is 3.40. The third kappa shape index (κ3) is 4.35. The molecular formula is C16H22N4OS2. The molecule has 0 atom stereocenters. The van der Waals surface area contributed by atoms with Gasteiger partial charge in [0.05, 0.1) is 0 Å². The molecule has 2 aromatic rings. The van der Waals surface area contributed by atoms with Gasteiger partial charge in [-0.1, -0.05) is 37.1 Å². The molecule has 0 aliphatic heterocycles. The highest BCUT2D eigenvalue weighted by Crippen LogP contribution is 2.33. The lowest BCUT2D eigenvalue weighted by molar-refractivity contribution is -0.117. The van der Waals surface area contributed by atoms with E-state index in [-0.39, 0.29) is 5.91 Å². The monoisotopic (exact) mass is 350 g/mol. The van der Waals surface area contributed by atoms with Crippen LogP contribution in [0.3, 0.4) is 0 Å². The first-order valence-corrected chi connectivity index (χ1v) is 9.98. The van der Waals surface area contributed by atoms with Crippen LogP contribution < -0.4 is 5.73 Å². The van der Waals surface area contributed by atoms with Crippen molar-refractivity contribution in [3.05, 3.63) is 28.2 Å². The summed E-state index contributed by atoms with van der Waals surface area (Å²) in [6.07, 6.45) is 7.46. The second-order valence-corrected chi connectivity index (χ2v) is 7.98. The van der Waals surface area contributed by atoms with Crippen molar-refractivity contribution in [1.82, 2.24) is 14.8 Å². The van der Waals surface area contributed by atoms with E-state index in [1.165, 1.54) is 37.0 Å². The van der Waals surface area contributed by atoms with Gasteiger partial charge >= 0.3 is 0 Å². The Kier molecular flexibility index (Phi) is 5.72. The van der Waals surface area contributed by atoms with Crippen LogP contribution in [-0.4, -0.2) is 26.4 Å². The molecule has 1 saturated carbocycles. The fourth-order valence-electron chi connectivity index (χ4n) is 3.04. The third-order valence-electron chi connectivity index (χ3n) is 4.17. The number of carbonyl (C=O) groups is 1. The van der Waals surface area contributed by atoms with E-state index in [9.17, 15) is 4.79 Å². The Bertz CT molecular complexity index is 633. The molecule has 2 heterocycles. The van der Waals surface area contributed by atoms with E-state index in [2.05, 4.69) is 32.3 Å². The van der Waals surface area contributed by atoms with Crippen LogP contribution in [0.1, 0.15) is 55.3 Å². The van der Waals surface area contributed by atoms with Gasteiger partial charge < -0.3 is 10.3 Å². The molecule has 3 rings (SSSR count). The summed E-state index contributed by atoms with van der Waals surface area (Å²) in [7, 11) is 0. The minimum Gasteiger partial charge on any atom is -0.370 e. The molecule has 124 valence electrons. The Balaban J connectivity index is 1.80. The van der Waals surface area contributed by atoms with Crippen LogP contribution >= 0.6 is 23.1 Å². The number of hydrogen-bond donors (Lipinski definition) is 1. The number of aromatic nitrogens is 3. The van der Waals surface area contributed by atoms with E-state index in [1.54, 1.807) is 23.1 Å². The lowest BCUT2D eigenvalue weighted by Crippen LogP contribution is -2.17. The predicted molar refractivity (Wildman–Crippen MR) is 93.8 cm³/mol. The highest BCUT2D eigenvalue weighted by Gasteiger charge is 2.23. The van der Waals surface area contributed by atoms with Crippen molar-refractivity contribution < 1.29 is 4.79 Å². The van der Waals surface area contributed by atoms with Gasteiger partial charge in [0.2, 0.25) is 5.91 Å². The largest absolute Gasteiger partial charge is 0.370 e. The number of primary amides is 1. The Morgan fingerprint density at radius 3 is 2.87 bits per heavy atom. The van der Waals surface area contributed by atoms with Gasteiger partial charge in [-0.15, -0.1) is 21.5 Å². The Morgan fingerprint density at radius 1 is 1.35 bits per heavy atom. The fourth-order valence-corrected chi connectivity index (χ4v) is 4.72. The molecular weight excluding hydrogens is 328 g/mol. The van der Waals surface area contributed by atoms with Crippen LogP contribution in [0.15, 0.2) is 22.7 Å². The van der Waals surface area contributed by atoms with Crippen molar-refractivity contribution in [2.45, 2.75) is 56.1 Å². The van der Waals surface area contributed by atoms with Crippen LogP contribution in [0, 0.1) is 0 Å². The quantitative estimate of drug-likeness (QED) is 0.777. The van der Waals surface area contributed by atoms with Crippen molar-refractivity contribution in [3.63, 3.8) is 0 Å². The maximum atomic E-state index is 11.0. The van der Waals surface area contributed by atoms with Crippen molar-refractivity contribution in [3.8, 4) is 0 Å². The molecule has 7 heteroatoms. The molecule has 1 aliphatic carbocycles. The highest BCUT2D eigenvalue weighted by molar-refractivity contribution is 7.99. The van der Waals surface area contributed by atoms with E-state index in [4.69, 9.17) is 5.73 Å². The molecule has 1 aliphatic rings. The van der Waals surface area contributed by atoms with E-state index in [0.29, 0.717) is 18.2 Å². The molecule has 0 bridgehead atoms. The van der Waals surface area contributed by atoms with Gasteiger partial charge in [0.1, 0.15) is 5.82 Å². The molecule has 2 aromatic heterocycles.